The van der Waals surface area contributed by atoms with Gasteiger partial charge in [-0.1, -0.05) is 30.3 Å². The van der Waals surface area contributed by atoms with Crippen LogP contribution in [0.25, 0.3) is 0 Å². The number of H-pyrrole nitrogens is 1. The third kappa shape index (κ3) is 3.37. The van der Waals surface area contributed by atoms with Gasteiger partial charge in [0, 0.05) is 25.0 Å². The smallest absolute Gasteiger partial charge is 0.249 e. The second-order valence-electron chi connectivity index (χ2n) is 4.29. The fourth-order valence-corrected chi connectivity index (χ4v) is 3.20. The molecule has 2 rings (SSSR count). The summed E-state index contributed by atoms with van der Waals surface area (Å²) in [5, 5.41) is 8.85. The molecule has 2 aromatic rings. The fraction of sp³-hybridized carbons (Fsp3) is 0.143. The summed E-state index contributed by atoms with van der Waals surface area (Å²) in [6.45, 7) is -0.295. The number of hydrogen-bond acceptors (Lipinski definition) is 4. The van der Waals surface area contributed by atoms with Crippen LogP contribution in [-0.2, 0) is 16.6 Å². The number of sulfonamides is 1. The van der Waals surface area contributed by atoms with E-state index in [1.807, 2.05) is 12.1 Å². The zero-order valence-electron chi connectivity index (χ0n) is 11.1. The Bertz CT molecular complexity index is 807. The van der Waals surface area contributed by atoms with Gasteiger partial charge < -0.3 is 4.98 Å². The van der Waals surface area contributed by atoms with Gasteiger partial charge in [-0.25, -0.2) is 8.42 Å². The van der Waals surface area contributed by atoms with Gasteiger partial charge in [-0.15, -0.1) is 0 Å². The zero-order chi connectivity index (χ0) is 15.3. The maximum atomic E-state index is 12.5. The number of aromatic nitrogens is 1. The average molecular weight is 303 g/mol. The Morgan fingerprint density at radius 3 is 2.52 bits per heavy atom. The Morgan fingerprint density at radius 1 is 1.19 bits per heavy atom. The number of nitrogens with one attached hydrogen (secondary N) is 1. The van der Waals surface area contributed by atoms with Gasteiger partial charge in [0.15, 0.2) is 0 Å². The Hall–Kier alpha value is -2.43. The fourth-order valence-electron chi connectivity index (χ4n) is 1.83. The van der Waals surface area contributed by atoms with Crippen LogP contribution >= 0.6 is 0 Å². The molecule has 0 spiro atoms. The van der Waals surface area contributed by atoms with E-state index < -0.39 is 15.5 Å². The third-order valence-corrected chi connectivity index (χ3v) is 4.67. The van der Waals surface area contributed by atoms with Gasteiger partial charge in [-0.2, -0.15) is 9.57 Å². The number of nitriles is 1. The molecule has 1 N–H and O–H groups in total. The number of rotatable bonds is 5. The van der Waals surface area contributed by atoms with Crippen molar-refractivity contribution in [3.8, 4) is 6.07 Å². The molecule has 108 valence electrons. The highest BCUT2D eigenvalue weighted by molar-refractivity contribution is 7.89. The maximum Gasteiger partial charge on any atom is 0.249 e. The van der Waals surface area contributed by atoms with Crippen molar-refractivity contribution in [2.24, 2.45) is 0 Å². The van der Waals surface area contributed by atoms with E-state index in [1.165, 1.54) is 6.20 Å². The first-order valence-corrected chi connectivity index (χ1v) is 7.58. The predicted molar refractivity (Wildman–Crippen MR) is 76.7 cm³/mol. The molecule has 0 aliphatic carbocycles. The number of benzene rings is 1. The first-order valence-electron chi connectivity index (χ1n) is 6.14. The SMILES string of the molecule is N#CCN(Cc1ccccc1)S(=O)(=O)c1c[nH]ccc1=O. The minimum absolute atomic E-state index is 0.0328. The van der Waals surface area contributed by atoms with Crippen LogP contribution in [0.3, 0.4) is 0 Å². The summed E-state index contributed by atoms with van der Waals surface area (Å²) in [4.78, 5) is 13.9. The summed E-state index contributed by atoms with van der Waals surface area (Å²) in [5.74, 6) is 0. The van der Waals surface area contributed by atoms with Gasteiger partial charge in [0.05, 0.1) is 6.07 Å². The normalized spacial score (nSPS) is 11.2. The summed E-state index contributed by atoms with van der Waals surface area (Å²) in [5.41, 5.74) is 0.133. The molecule has 7 heteroatoms. The number of pyridine rings is 1. The Kier molecular flexibility index (Phi) is 4.52. The lowest BCUT2D eigenvalue weighted by atomic mass is 10.2. The van der Waals surface area contributed by atoms with Gasteiger partial charge in [0.1, 0.15) is 11.4 Å². The van der Waals surface area contributed by atoms with Gasteiger partial charge in [-0.3, -0.25) is 4.79 Å². The molecular weight excluding hydrogens is 290 g/mol. The van der Waals surface area contributed by atoms with E-state index in [9.17, 15) is 13.2 Å². The van der Waals surface area contributed by atoms with E-state index in [0.717, 1.165) is 22.1 Å². The van der Waals surface area contributed by atoms with Crippen molar-refractivity contribution in [2.75, 3.05) is 6.54 Å². The van der Waals surface area contributed by atoms with Crippen LogP contribution in [0.5, 0.6) is 0 Å². The molecule has 0 saturated carbocycles. The van der Waals surface area contributed by atoms with Gasteiger partial charge in [0.25, 0.3) is 0 Å². The monoisotopic (exact) mass is 303 g/mol. The van der Waals surface area contributed by atoms with Crippen LogP contribution in [0, 0.1) is 11.3 Å². The quantitative estimate of drug-likeness (QED) is 0.837. The molecule has 0 fully saturated rings. The van der Waals surface area contributed by atoms with E-state index in [1.54, 1.807) is 24.3 Å². The number of hydrogen-bond donors (Lipinski definition) is 1. The highest BCUT2D eigenvalue weighted by Crippen LogP contribution is 2.14. The molecule has 1 aromatic heterocycles. The topological polar surface area (TPSA) is 94.0 Å². The maximum absolute atomic E-state index is 12.5. The van der Waals surface area contributed by atoms with Crippen molar-refractivity contribution in [1.29, 1.82) is 5.26 Å². The standard InChI is InChI=1S/C14H13N3O3S/c15-7-9-17(11-12-4-2-1-3-5-12)21(19,20)14-10-16-8-6-13(14)18/h1-6,8,10H,9,11H2,(H,16,18). The summed E-state index contributed by atoms with van der Waals surface area (Å²) in [7, 11) is -4.03. The van der Waals surface area contributed by atoms with Crippen LogP contribution in [0.4, 0.5) is 0 Å². The second kappa shape index (κ2) is 6.35. The molecule has 0 aliphatic heterocycles. The molecule has 21 heavy (non-hydrogen) atoms. The number of nitrogens with zero attached hydrogens (tertiary/aromatic N) is 2. The van der Waals surface area contributed by atoms with Gasteiger partial charge in [-0.05, 0) is 5.56 Å². The van der Waals surface area contributed by atoms with E-state index in [4.69, 9.17) is 5.26 Å². The summed E-state index contributed by atoms with van der Waals surface area (Å²) >= 11 is 0. The minimum Gasteiger partial charge on any atom is -0.366 e. The second-order valence-corrected chi connectivity index (χ2v) is 6.20. The van der Waals surface area contributed by atoms with Crippen molar-refractivity contribution in [3.63, 3.8) is 0 Å². The summed E-state index contributed by atoms with van der Waals surface area (Å²) < 4.78 is 26.0. The highest BCUT2D eigenvalue weighted by atomic mass is 32.2. The molecule has 1 aromatic carbocycles. The van der Waals surface area contributed by atoms with Gasteiger partial charge >= 0.3 is 0 Å². The lowest BCUT2D eigenvalue weighted by Gasteiger charge is -2.18. The van der Waals surface area contributed by atoms with Crippen LogP contribution in [0.15, 0.2) is 58.5 Å². The minimum atomic E-state index is -4.03. The molecule has 6 nitrogen and oxygen atoms in total. The molecular formula is C14H13N3O3S. The average Bonchev–Trinajstić information content (AvgIpc) is 2.48. The molecule has 0 amide bonds. The van der Waals surface area contributed by atoms with Crippen molar-refractivity contribution in [3.05, 3.63) is 64.6 Å². The summed E-state index contributed by atoms with van der Waals surface area (Å²) in [6, 6.07) is 11.8. The van der Waals surface area contributed by atoms with Crippen molar-refractivity contribution < 1.29 is 8.42 Å². The lowest BCUT2D eigenvalue weighted by molar-refractivity contribution is 0.440. The first kappa shape index (κ1) is 15.0. The third-order valence-electron chi connectivity index (χ3n) is 2.85. The van der Waals surface area contributed by atoms with E-state index >= 15 is 0 Å². The Labute approximate surface area is 122 Å². The first-order chi connectivity index (χ1) is 10.1. The molecule has 0 radical (unpaired) electrons. The molecule has 0 atom stereocenters. The molecule has 0 aliphatic rings. The predicted octanol–water partition coefficient (Wildman–Crippen LogP) is 1.09. The Balaban J connectivity index is 2.40. The zero-order valence-corrected chi connectivity index (χ0v) is 11.9. The van der Waals surface area contributed by atoms with E-state index in [2.05, 4.69) is 4.98 Å². The molecule has 0 bridgehead atoms. The van der Waals surface area contributed by atoms with E-state index in [-0.39, 0.29) is 18.0 Å². The van der Waals surface area contributed by atoms with Crippen molar-refractivity contribution in [2.45, 2.75) is 11.4 Å². The van der Waals surface area contributed by atoms with Crippen LogP contribution < -0.4 is 5.43 Å². The van der Waals surface area contributed by atoms with Gasteiger partial charge in [0.2, 0.25) is 15.5 Å². The molecule has 0 unspecified atom stereocenters. The number of aromatic amines is 1. The Morgan fingerprint density at radius 2 is 1.90 bits per heavy atom. The van der Waals surface area contributed by atoms with Crippen molar-refractivity contribution in [1.82, 2.24) is 9.29 Å². The molecule has 0 saturated heterocycles. The van der Waals surface area contributed by atoms with Crippen molar-refractivity contribution >= 4 is 10.0 Å². The molecule has 1 heterocycles. The largest absolute Gasteiger partial charge is 0.366 e. The summed E-state index contributed by atoms with van der Waals surface area (Å²) in [6.07, 6.45) is 2.49. The van der Waals surface area contributed by atoms with Crippen LogP contribution in [0.1, 0.15) is 5.56 Å². The van der Waals surface area contributed by atoms with Crippen LogP contribution in [0.2, 0.25) is 0 Å². The van der Waals surface area contributed by atoms with E-state index in [0.29, 0.717) is 0 Å². The highest BCUT2D eigenvalue weighted by Gasteiger charge is 2.26. The van der Waals surface area contributed by atoms with Crippen LogP contribution in [-0.4, -0.2) is 24.3 Å². The lowest BCUT2D eigenvalue weighted by Crippen LogP contribution is -2.34.